The quantitative estimate of drug-likeness (QED) is 0.389. The Labute approximate surface area is 183 Å². The van der Waals surface area contributed by atoms with Crippen LogP contribution in [0.15, 0.2) is 58.3 Å². The second-order valence-corrected chi connectivity index (χ2v) is 7.60. The minimum atomic E-state index is -4.37. The van der Waals surface area contributed by atoms with Gasteiger partial charge in [-0.1, -0.05) is 18.2 Å². The topological polar surface area (TPSA) is 109 Å². The molecular formula is C14H12Na2O6S2. The van der Waals surface area contributed by atoms with E-state index in [9.17, 15) is 21.4 Å². The minimum absolute atomic E-state index is 0. The van der Waals surface area contributed by atoms with E-state index in [0.29, 0.717) is 21.5 Å². The van der Waals surface area contributed by atoms with Gasteiger partial charge in [0.15, 0.2) is 0 Å². The third kappa shape index (κ3) is 4.39. The van der Waals surface area contributed by atoms with Crippen LogP contribution in [-0.2, 0) is 20.2 Å². The molecule has 0 bridgehead atoms. The van der Waals surface area contributed by atoms with Gasteiger partial charge in [0, 0.05) is 5.39 Å². The fraction of sp³-hybridized carbons (Fsp3) is 0. The Morgan fingerprint density at radius 1 is 0.667 bits per heavy atom. The average molecular weight is 386 g/mol. The number of benzene rings is 3. The second-order valence-electron chi connectivity index (χ2n) is 4.79. The zero-order valence-corrected chi connectivity index (χ0v) is 12.6. The predicted molar refractivity (Wildman–Crippen MR) is 95.4 cm³/mol. The Hall–Kier alpha value is 0.000000000000000444. The van der Waals surface area contributed by atoms with Crippen molar-refractivity contribution in [2.45, 2.75) is 9.79 Å². The molecule has 3 rings (SSSR count). The summed E-state index contributed by atoms with van der Waals surface area (Å²) in [5, 5.41) is 1.96. The molecule has 0 spiro atoms. The van der Waals surface area contributed by atoms with Crippen molar-refractivity contribution in [3.05, 3.63) is 48.5 Å². The summed E-state index contributed by atoms with van der Waals surface area (Å²) in [4.78, 5) is -0.462. The van der Waals surface area contributed by atoms with Crippen LogP contribution in [0.1, 0.15) is 0 Å². The zero-order valence-electron chi connectivity index (χ0n) is 11.0. The summed E-state index contributed by atoms with van der Waals surface area (Å²) < 4.78 is 63.5. The van der Waals surface area contributed by atoms with Crippen LogP contribution in [0.25, 0.3) is 21.5 Å². The summed E-state index contributed by atoms with van der Waals surface area (Å²) in [6.07, 6.45) is 0. The van der Waals surface area contributed by atoms with E-state index in [1.54, 1.807) is 18.2 Å². The monoisotopic (exact) mass is 386 g/mol. The fourth-order valence-corrected chi connectivity index (χ4v) is 3.58. The van der Waals surface area contributed by atoms with Gasteiger partial charge in [-0.25, -0.2) is 0 Å². The first-order valence-electron chi connectivity index (χ1n) is 6.08. The first-order valence-corrected chi connectivity index (χ1v) is 8.96. The van der Waals surface area contributed by atoms with E-state index >= 15 is 0 Å². The van der Waals surface area contributed by atoms with Gasteiger partial charge in [0.1, 0.15) is 4.90 Å². The molecule has 0 aromatic heterocycles. The van der Waals surface area contributed by atoms with Crippen molar-refractivity contribution in [3.63, 3.8) is 0 Å². The van der Waals surface area contributed by atoms with E-state index < -0.39 is 20.2 Å². The fourth-order valence-electron chi connectivity index (χ4n) is 2.36. The van der Waals surface area contributed by atoms with Crippen molar-refractivity contribution < 1.29 is 25.9 Å². The Balaban J connectivity index is 0.00000144. The molecule has 6 nitrogen and oxygen atoms in total. The summed E-state index contributed by atoms with van der Waals surface area (Å²) in [5.41, 5.74) is 0. The third-order valence-electron chi connectivity index (χ3n) is 3.34. The predicted octanol–water partition coefficient (Wildman–Crippen LogP) is 1.19. The zero-order chi connectivity index (χ0) is 16.1. The number of hydrogen-bond acceptors (Lipinski definition) is 4. The molecule has 2 N–H and O–H groups in total. The molecule has 24 heavy (non-hydrogen) atoms. The van der Waals surface area contributed by atoms with Crippen LogP contribution in [0.3, 0.4) is 0 Å². The first-order chi connectivity index (χ1) is 10.2. The van der Waals surface area contributed by atoms with Crippen LogP contribution in [-0.4, -0.2) is 85.1 Å². The van der Waals surface area contributed by atoms with Crippen LogP contribution in [0.2, 0.25) is 0 Å². The van der Waals surface area contributed by atoms with Gasteiger partial charge in [-0.2, -0.15) is 16.8 Å². The molecule has 0 heterocycles. The van der Waals surface area contributed by atoms with Gasteiger partial charge in [-0.15, -0.1) is 0 Å². The van der Waals surface area contributed by atoms with Crippen LogP contribution in [0.4, 0.5) is 0 Å². The van der Waals surface area contributed by atoms with Crippen molar-refractivity contribution in [3.8, 4) is 0 Å². The van der Waals surface area contributed by atoms with Crippen molar-refractivity contribution in [2.24, 2.45) is 0 Å². The second kappa shape index (κ2) is 7.71. The van der Waals surface area contributed by atoms with Gasteiger partial charge in [0.05, 0.1) is 4.90 Å². The van der Waals surface area contributed by atoms with E-state index in [4.69, 9.17) is 4.55 Å². The molecule has 3 aromatic carbocycles. The molecule has 0 atom stereocenters. The standard InChI is InChI=1S/C14H10O6S2.2Na.2H/c15-21(16,17)12-5-4-9-8-13-10(6-11(9)7-12)2-1-3-14(13)22(18,19)20;;;;/h1-8H,(H,15,16,17)(H,18,19,20);;;;. The molecule has 0 unspecified atom stereocenters. The van der Waals surface area contributed by atoms with E-state index in [-0.39, 0.29) is 68.9 Å². The molecule has 0 aliphatic carbocycles. The SMILES string of the molecule is O=S(=O)(O)c1ccc2cc3c(S(=O)(=O)O)cccc3cc2c1.[NaH].[NaH]. The van der Waals surface area contributed by atoms with Crippen LogP contribution < -0.4 is 0 Å². The third-order valence-corrected chi connectivity index (χ3v) is 5.11. The summed E-state index contributed by atoms with van der Waals surface area (Å²) >= 11 is 0. The van der Waals surface area contributed by atoms with Gasteiger partial charge in [-0.3, -0.25) is 9.11 Å². The Morgan fingerprint density at radius 3 is 1.92 bits per heavy atom. The van der Waals surface area contributed by atoms with Crippen LogP contribution >= 0.6 is 0 Å². The van der Waals surface area contributed by atoms with Crippen molar-refractivity contribution in [2.75, 3.05) is 0 Å². The van der Waals surface area contributed by atoms with Gasteiger partial charge in [0.25, 0.3) is 20.2 Å². The van der Waals surface area contributed by atoms with E-state index in [2.05, 4.69) is 0 Å². The van der Waals surface area contributed by atoms with Crippen LogP contribution in [0.5, 0.6) is 0 Å². The van der Waals surface area contributed by atoms with Gasteiger partial charge in [0.2, 0.25) is 0 Å². The number of hydrogen-bond donors (Lipinski definition) is 2. The summed E-state index contributed by atoms with van der Waals surface area (Å²) in [5.74, 6) is 0. The van der Waals surface area contributed by atoms with Crippen molar-refractivity contribution in [1.82, 2.24) is 0 Å². The molecule has 0 aliphatic heterocycles. The molecule has 0 saturated carbocycles. The summed E-state index contributed by atoms with van der Waals surface area (Å²) in [6.45, 7) is 0. The Morgan fingerprint density at radius 2 is 1.33 bits per heavy atom. The first kappa shape index (κ1) is 22.0. The molecule has 0 saturated heterocycles. The van der Waals surface area contributed by atoms with E-state index in [1.165, 1.54) is 30.3 Å². The van der Waals surface area contributed by atoms with Crippen molar-refractivity contribution in [1.29, 1.82) is 0 Å². The Kier molecular flexibility index (Phi) is 7.08. The number of fused-ring (bicyclic) bond motifs is 2. The van der Waals surface area contributed by atoms with Gasteiger partial charge in [-0.05, 0) is 46.5 Å². The maximum absolute atomic E-state index is 11.4. The molecule has 10 heteroatoms. The molecule has 0 aliphatic rings. The summed E-state index contributed by atoms with van der Waals surface area (Å²) in [7, 11) is -8.68. The molecule has 0 fully saturated rings. The molecule has 3 aromatic rings. The normalized spacial score (nSPS) is 11.8. The summed E-state index contributed by atoms with van der Waals surface area (Å²) in [6, 6.07) is 11.5. The van der Waals surface area contributed by atoms with Crippen molar-refractivity contribution >= 4 is 101 Å². The molecule has 0 radical (unpaired) electrons. The maximum atomic E-state index is 11.4. The Bertz CT molecular complexity index is 1120. The van der Waals surface area contributed by atoms with Gasteiger partial charge >= 0.3 is 59.1 Å². The van der Waals surface area contributed by atoms with Gasteiger partial charge < -0.3 is 0 Å². The molecule has 0 amide bonds. The van der Waals surface area contributed by atoms with E-state index in [1.807, 2.05) is 0 Å². The molecular weight excluding hydrogens is 374 g/mol. The number of rotatable bonds is 2. The molecule has 118 valence electrons. The van der Waals surface area contributed by atoms with E-state index in [0.717, 1.165) is 0 Å². The van der Waals surface area contributed by atoms with Crippen LogP contribution in [0, 0.1) is 0 Å². The average Bonchev–Trinajstić information content (AvgIpc) is 2.41.